The number of aliphatic hydroxyl groups excluding tert-OH is 4. The maximum Gasteiger partial charge on any atom is 0.187 e. The lowest BCUT2D eigenvalue weighted by Crippen LogP contribution is -2.67. The van der Waals surface area contributed by atoms with Crippen molar-refractivity contribution in [1.29, 1.82) is 0 Å². The summed E-state index contributed by atoms with van der Waals surface area (Å²) in [7, 11) is 0. The third-order valence-corrected chi connectivity index (χ3v) is 3.90. The van der Waals surface area contributed by atoms with Gasteiger partial charge in [0.15, 0.2) is 6.29 Å². The molecule has 2 rings (SSSR count). The van der Waals surface area contributed by atoms with Gasteiger partial charge in [-0.05, 0) is 5.56 Å². The molecule has 1 fully saturated rings. The molecule has 0 radical (unpaired) electrons. The summed E-state index contributed by atoms with van der Waals surface area (Å²) in [5.41, 5.74) is -1.20. The van der Waals surface area contributed by atoms with Crippen LogP contribution in [0.25, 0.3) is 0 Å². The average Bonchev–Trinajstić information content (AvgIpc) is 2.53. The first-order valence-corrected chi connectivity index (χ1v) is 7.14. The molecular formula is C15H22O7. The van der Waals surface area contributed by atoms with Crippen LogP contribution in [0.15, 0.2) is 30.3 Å². The Morgan fingerprint density at radius 3 is 2.41 bits per heavy atom. The van der Waals surface area contributed by atoms with Crippen molar-refractivity contribution in [3.8, 4) is 0 Å². The first-order chi connectivity index (χ1) is 10.5. The average molecular weight is 314 g/mol. The highest BCUT2D eigenvalue weighted by Crippen LogP contribution is 2.33. The molecule has 0 amide bonds. The van der Waals surface area contributed by atoms with Gasteiger partial charge in [-0.15, -0.1) is 0 Å². The molecule has 0 aromatic heterocycles. The predicted octanol–water partition coefficient (Wildman–Crippen LogP) is -1.24. The van der Waals surface area contributed by atoms with Crippen molar-refractivity contribution < 1.29 is 35.0 Å². The highest BCUT2D eigenvalue weighted by atomic mass is 16.7. The van der Waals surface area contributed by atoms with Crippen LogP contribution in [0, 0.1) is 0 Å². The van der Waals surface area contributed by atoms with Gasteiger partial charge in [-0.3, -0.25) is 0 Å². The molecule has 1 aliphatic rings. The SMILES string of the molecule is OCC[C@]1(O)[C@H](O)O[C@H](CO)[C@@H](OCc2ccccc2)[C@@H]1O. The van der Waals surface area contributed by atoms with E-state index in [4.69, 9.17) is 14.6 Å². The quantitative estimate of drug-likeness (QED) is 0.445. The summed E-state index contributed by atoms with van der Waals surface area (Å²) in [6.07, 6.45) is -5.52. The van der Waals surface area contributed by atoms with Crippen LogP contribution in [0.2, 0.25) is 0 Å². The predicted molar refractivity (Wildman–Crippen MR) is 75.6 cm³/mol. The zero-order valence-electron chi connectivity index (χ0n) is 12.1. The largest absolute Gasteiger partial charge is 0.396 e. The summed E-state index contributed by atoms with van der Waals surface area (Å²) in [4.78, 5) is 0. The molecule has 22 heavy (non-hydrogen) atoms. The topological polar surface area (TPSA) is 120 Å². The van der Waals surface area contributed by atoms with Gasteiger partial charge in [0.1, 0.15) is 23.9 Å². The molecule has 0 spiro atoms. The zero-order chi connectivity index (χ0) is 16.2. The summed E-state index contributed by atoms with van der Waals surface area (Å²) < 4.78 is 10.7. The van der Waals surface area contributed by atoms with Gasteiger partial charge in [-0.2, -0.15) is 0 Å². The van der Waals surface area contributed by atoms with E-state index in [1.54, 1.807) is 0 Å². The second-order valence-electron chi connectivity index (χ2n) is 5.38. The fraction of sp³-hybridized carbons (Fsp3) is 0.600. The molecule has 1 aromatic carbocycles. The number of aliphatic hydroxyl groups is 5. The van der Waals surface area contributed by atoms with Gasteiger partial charge < -0.3 is 35.0 Å². The molecule has 0 saturated carbocycles. The monoisotopic (exact) mass is 314 g/mol. The molecule has 1 saturated heterocycles. The van der Waals surface area contributed by atoms with Crippen molar-refractivity contribution in [2.45, 2.75) is 43.2 Å². The van der Waals surface area contributed by atoms with Crippen molar-refractivity contribution in [1.82, 2.24) is 0 Å². The lowest BCUT2D eigenvalue weighted by molar-refractivity contribution is -0.338. The minimum Gasteiger partial charge on any atom is -0.396 e. The summed E-state index contributed by atoms with van der Waals surface area (Å²) in [5.74, 6) is 0. The van der Waals surface area contributed by atoms with E-state index >= 15 is 0 Å². The summed E-state index contributed by atoms with van der Waals surface area (Å²) in [6, 6.07) is 9.19. The first-order valence-electron chi connectivity index (χ1n) is 7.14. The second-order valence-corrected chi connectivity index (χ2v) is 5.38. The highest BCUT2D eigenvalue weighted by Gasteiger charge is 2.54. The molecule has 5 atom stereocenters. The summed E-state index contributed by atoms with van der Waals surface area (Å²) in [5, 5.41) is 48.8. The summed E-state index contributed by atoms with van der Waals surface area (Å²) >= 11 is 0. The van der Waals surface area contributed by atoms with Crippen LogP contribution < -0.4 is 0 Å². The van der Waals surface area contributed by atoms with E-state index in [1.807, 2.05) is 30.3 Å². The molecule has 7 heteroatoms. The van der Waals surface area contributed by atoms with Gasteiger partial charge in [0.05, 0.1) is 13.2 Å². The van der Waals surface area contributed by atoms with Gasteiger partial charge >= 0.3 is 0 Å². The molecule has 1 aromatic rings. The third kappa shape index (κ3) is 3.47. The fourth-order valence-electron chi connectivity index (χ4n) is 2.56. The van der Waals surface area contributed by atoms with Gasteiger partial charge in [-0.25, -0.2) is 0 Å². The molecule has 0 unspecified atom stereocenters. The number of benzene rings is 1. The Hall–Kier alpha value is -1.06. The van der Waals surface area contributed by atoms with Crippen LogP contribution in [0.3, 0.4) is 0 Å². The fourth-order valence-corrected chi connectivity index (χ4v) is 2.56. The number of rotatable bonds is 6. The van der Waals surface area contributed by atoms with E-state index in [-0.39, 0.29) is 13.0 Å². The Bertz CT molecular complexity index is 454. The smallest absolute Gasteiger partial charge is 0.187 e. The molecule has 124 valence electrons. The van der Waals surface area contributed by atoms with Crippen LogP contribution in [0.1, 0.15) is 12.0 Å². The van der Waals surface area contributed by atoms with E-state index in [1.165, 1.54) is 0 Å². The minimum atomic E-state index is -2.05. The van der Waals surface area contributed by atoms with Gasteiger partial charge in [0.2, 0.25) is 0 Å². The van der Waals surface area contributed by atoms with Crippen LogP contribution in [0.4, 0.5) is 0 Å². The van der Waals surface area contributed by atoms with Gasteiger partial charge in [0, 0.05) is 13.0 Å². The molecule has 7 nitrogen and oxygen atoms in total. The lowest BCUT2D eigenvalue weighted by Gasteiger charge is -2.47. The van der Waals surface area contributed by atoms with E-state index in [0.717, 1.165) is 5.56 Å². The van der Waals surface area contributed by atoms with Crippen LogP contribution in [-0.2, 0) is 16.1 Å². The molecular weight excluding hydrogens is 292 g/mol. The molecule has 0 bridgehead atoms. The van der Waals surface area contributed by atoms with E-state index < -0.39 is 43.4 Å². The summed E-state index contributed by atoms with van der Waals surface area (Å²) in [6.45, 7) is -0.778. The maximum atomic E-state index is 10.3. The number of ether oxygens (including phenoxy) is 2. The van der Waals surface area contributed by atoms with E-state index in [2.05, 4.69) is 0 Å². The van der Waals surface area contributed by atoms with Crippen LogP contribution in [0.5, 0.6) is 0 Å². The van der Waals surface area contributed by atoms with Crippen molar-refractivity contribution in [3.63, 3.8) is 0 Å². The second kappa shape index (κ2) is 7.47. The Morgan fingerprint density at radius 2 is 1.82 bits per heavy atom. The van der Waals surface area contributed by atoms with Crippen molar-refractivity contribution in [2.24, 2.45) is 0 Å². The van der Waals surface area contributed by atoms with Crippen molar-refractivity contribution in [3.05, 3.63) is 35.9 Å². The van der Waals surface area contributed by atoms with E-state index in [9.17, 15) is 20.4 Å². The molecule has 1 aliphatic heterocycles. The Morgan fingerprint density at radius 1 is 1.14 bits per heavy atom. The third-order valence-electron chi connectivity index (χ3n) is 3.90. The van der Waals surface area contributed by atoms with Gasteiger partial charge in [-0.1, -0.05) is 30.3 Å². The van der Waals surface area contributed by atoms with Crippen molar-refractivity contribution >= 4 is 0 Å². The number of hydrogen-bond acceptors (Lipinski definition) is 7. The zero-order valence-corrected chi connectivity index (χ0v) is 12.1. The first kappa shape index (κ1) is 17.3. The molecule has 0 aliphatic carbocycles. The lowest BCUT2D eigenvalue weighted by atomic mass is 9.84. The van der Waals surface area contributed by atoms with Gasteiger partial charge in [0.25, 0.3) is 0 Å². The standard InChI is InChI=1S/C15H22O7/c16-7-6-15(20)13(18)12(11(8-17)22-14(15)19)21-9-10-4-2-1-3-5-10/h1-5,11-14,16-20H,6-9H2/t11-,12-,13+,14-,15-/m1/s1. The maximum absolute atomic E-state index is 10.3. The molecule has 5 N–H and O–H groups in total. The highest BCUT2D eigenvalue weighted by molar-refractivity contribution is 5.13. The van der Waals surface area contributed by atoms with Crippen LogP contribution in [-0.4, -0.2) is 68.9 Å². The Balaban J connectivity index is 2.11. The Labute approximate surface area is 128 Å². The Kier molecular flexibility index (Phi) is 5.87. The minimum absolute atomic E-state index is 0.147. The molecule has 1 heterocycles. The number of hydrogen-bond donors (Lipinski definition) is 5. The van der Waals surface area contributed by atoms with Crippen molar-refractivity contribution in [2.75, 3.05) is 13.2 Å². The normalized spacial score (nSPS) is 35.5. The van der Waals surface area contributed by atoms with E-state index in [0.29, 0.717) is 0 Å². The van der Waals surface area contributed by atoms with Crippen LogP contribution >= 0.6 is 0 Å².